The van der Waals surface area contributed by atoms with Crippen LogP contribution < -0.4 is 11.1 Å². The fourth-order valence-corrected chi connectivity index (χ4v) is 1.63. The van der Waals surface area contributed by atoms with Crippen LogP contribution in [0.5, 0.6) is 0 Å². The molecule has 1 amide bonds. The largest absolute Gasteiger partial charge is 0.393 e. The van der Waals surface area contributed by atoms with Crippen LogP contribution in [0.25, 0.3) is 0 Å². The molecular weight excluding hydrogens is 198 g/mol. The van der Waals surface area contributed by atoms with Crippen molar-refractivity contribution in [2.75, 3.05) is 11.1 Å². The van der Waals surface area contributed by atoms with Crippen molar-refractivity contribution in [3.63, 3.8) is 0 Å². The molecule has 1 unspecified atom stereocenters. The normalized spacial score (nSPS) is 18.5. The van der Waals surface area contributed by atoms with Gasteiger partial charge in [0.15, 0.2) is 0 Å². The molecule has 0 aliphatic carbocycles. The summed E-state index contributed by atoms with van der Waals surface area (Å²) in [7, 11) is 0. The van der Waals surface area contributed by atoms with E-state index in [0.29, 0.717) is 11.3 Å². The van der Waals surface area contributed by atoms with Gasteiger partial charge in [0.2, 0.25) is 5.91 Å². The number of amides is 1. The predicted molar refractivity (Wildman–Crippen MR) is 54.6 cm³/mol. The third-order valence-corrected chi connectivity index (χ3v) is 2.51. The Balaban J connectivity index is 2.60. The fourth-order valence-electron chi connectivity index (χ4n) is 1.63. The van der Waals surface area contributed by atoms with Gasteiger partial charge in [0.25, 0.3) is 5.69 Å². The van der Waals surface area contributed by atoms with Gasteiger partial charge in [-0.05, 0) is 18.6 Å². The number of benzene rings is 1. The van der Waals surface area contributed by atoms with Gasteiger partial charge in [-0.15, -0.1) is 0 Å². The minimum atomic E-state index is -0.550. The van der Waals surface area contributed by atoms with Crippen LogP contribution in [0.4, 0.5) is 17.1 Å². The maximum atomic E-state index is 11.3. The van der Waals surface area contributed by atoms with Crippen molar-refractivity contribution in [3.05, 3.63) is 27.8 Å². The molecule has 6 nitrogen and oxygen atoms in total. The van der Waals surface area contributed by atoms with E-state index in [4.69, 9.17) is 5.73 Å². The summed E-state index contributed by atoms with van der Waals surface area (Å²) in [5.74, 6) is -0.524. The molecule has 1 atom stereocenters. The summed E-state index contributed by atoms with van der Waals surface area (Å²) in [5, 5.41) is 13.2. The second-order valence-corrected chi connectivity index (χ2v) is 3.47. The van der Waals surface area contributed by atoms with Crippen molar-refractivity contribution in [1.29, 1.82) is 0 Å². The van der Waals surface area contributed by atoms with Crippen molar-refractivity contribution < 1.29 is 9.72 Å². The van der Waals surface area contributed by atoms with Gasteiger partial charge in [-0.3, -0.25) is 14.9 Å². The quantitative estimate of drug-likeness (QED) is 0.411. The summed E-state index contributed by atoms with van der Waals surface area (Å²) in [5.41, 5.74) is 6.59. The van der Waals surface area contributed by atoms with Crippen molar-refractivity contribution >= 4 is 23.0 Å². The number of hydrogen-bond donors (Lipinski definition) is 2. The SMILES string of the molecule is CC1C(=O)Nc2cc(N)c([N+](=O)[O-])cc21. The highest BCUT2D eigenvalue weighted by atomic mass is 16.6. The average Bonchev–Trinajstić information content (AvgIpc) is 2.41. The number of anilines is 2. The number of nitrogen functional groups attached to an aromatic ring is 1. The first-order chi connectivity index (χ1) is 7.00. The first-order valence-corrected chi connectivity index (χ1v) is 4.39. The van der Waals surface area contributed by atoms with Gasteiger partial charge < -0.3 is 11.1 Å². The maximum Gasteiger partial charge on any atom is 0.292 e. The number of nitrogens with zero attached hydrogens (tertiary/aromatic N) is 1. The molecule has 0 saturated carbocycles. The van der Waals surface area contributed by atoms with E-state index in [1.807, 2.05) is 0 Å². The van der Waals surface area contributed by atoms with E-state index in [0.717, 1.165) is 0 Å². The number of carbonyl (C=O) groups excluding carboxylic acids is 1. The van der Waals surface area contributed by atoms with Crippen LogP contribution in [0, 0.1) is 10.1 Å². The molecule has 15 heavy (non-hydrogen) atoms. The number of nitro groups is 1. The van der Waals surface area contributed by atoms with Crippen LogP contribution in [0.15, 0.2) is 12.1 Å². The lowest BCUT2D eigenvalue weighted by Gasteiger charge is -2.03. The highest BCUT2D eigenvalue weighted by Crippen LogP contribution is 2.37. The Labute approximate surface area is 85.2 Å². The topological polar surface area (TPSA) is 98.3 Å². The van der Waals surface area contributed by atoms with Crippen LogP contribution in [0.1, 0.15) is 18.4 Å². The summed E-state index contributed by atoms with van der Waals surface area (Å²) in [6.45, 7) is 1.70. The summed E-state index contributed by atoms with van der Waals surface area (Å²) >= 11 is 0. The maximum absolute atomic E-state index is 11.3. The lowest BCUT2D eigenvalue weighted by molar-refractivity contribution is -0.383. The fraction of sp³-hybridized carbons (Fsp3) is 0.222. The van der Waals surface area contributed by atoms with Crippen LogP contribution in [-0.4, -0.2) is 10.8 Å². The summed E-state index contributed by atoms with van der Waals surface area (Å²) < 4.78 is 0. The number of hydrogen-bond acceptors (Lipinski definition) is 4. The van der Waals surface area contributed by atoms with Gasteiger partial charge in [-0.2, -0.15) is 0 Å². The molecule has 0 fully saturated rings. The molecule has 6 heteroatoms. The van der Waals surface area contributed by atoms with Crippen LogP contribution in [0.2, 0.25) is 0 Å². The Bertz CT molecular complexity index is 470. The summed E-state index contributed by atoms with van der Waals surface area (Å²) in [6.07, 6.45) is 0. The Hall–Kier alpha value is -2.11. The van der Waals surface area contributed by atoms with E-state index in [-0.39, 0.29) is 23.2 Å². The molecule has 0 bridgehead atoms. The number of fused-ring (bicyclic) bond motifs is 1. The zero-order valence-corrected chi connectivity index (χ0v) is 7.98. The highest BCUT2D eigenvalue weighted by molar-refractivity contribution is 6.03. The number of nitrogens with one attached hydrogen (secondary N) is 1. The van der Waals surface area contributed by atoms with E-state index in [9.17, 15) is 14.9 Å². The number of carbonyl (C=O) groups is 1. The molecule has 0 radical (unpaired) electrons. The molecule has 78 valence electrons. The van der Waals surface area contributed by atoms with Crippen LogP contribution >= 0.6 is 0 Å². The smallest absolute Gasteiger partial charge is 0.292 e. The van der Waals surface area contributed by atoms with E-state index >= 15 is 0 Å². The predicted octanol–water partition coefficient (Wildman–Crippen LogP) is 1.23. The molecule has 1 aromatic rings. The molecule has 0 aromatic heterocycles. The van der Waals surface area contributed by atoms with E-state index in [1.54, 1.807) is 6.92 Å². The minimum Gasteiger partial charge on any atom is -0.393 e. The van der Waals surface area contributed by atoms with Gasteiger partial charge in [-0.25, -0.2) is 0 Å². The zero-order valence-electron chi connectivity index (χ0n) is 7.98. The van der Waals surface area contributed by atoms with Crippen molar-refractivity contribution in [3.8, 4) is 0 Å². The van der Waals surface area contributed by atoms with Crippen molar-refractivity contribution in [2.45, 2.75) is 12.8 Å². The van der Waals surface area contributed by atoms with Crippen LogP contribution in [0.3, 0.4) is 0 Å². The molecular formula is C9H9N3O3. The molecule has 2 rings (SSSR count). The van der Waals surface area contributed by atoms with E-state index in [1.165, 1.54) is 12.1 Å². The average molecular weight is 207 g/mol. The third kappa shape index (κ3) is 1.30. The van der Waals surface area contributed by atoms with Gasteiger partial charge in [0.05, 0.1) is 10.8 Å². The van der Waals surface area contributed by atoms with Crippen molar-refractivity contribution in [1.82, 2.24) is 0 Å². The third-order valence-electron chi connectivity index (χ3n) is 2.51. The second-order valence-electron chi connectivity index (χ2n) is 3.47. The first kappa shape index (κ1) is 9.45. The van der Waals surface area contributed by atoms with Gasteiger partial charge in [0.1, 0.15) is 5.69 Å². The zero-order chi connectivity index (χ0) is 11.2. The molecule has 1 heterocycles. The Morgan fingerprint density at radius 3 is 2.80 bits per heavy atom. The standard InChI is InChI=1S/C9H9N3O3/c1-4-5-2-8(12(14)15)6(10)3-7(5)11-9(4)13/h2-4H,10H2,1H3,(H,11,13). The second kappa shape index (κ2) is 2.94. The van der Waals surface area contributed by atoms with Gasteiger partial charge in [0, 0.05) is 11.8 Å². The number of nitrogens with two attached hydrogens (primary N) is 1. The summed E-state index contributed by atoms with van der Waals surface area (Å²) in [6, 6.07) is 2.78. The molecule has 1 aliphatic rings. The number of nitro benzene ring substituents is 1. The Kier molecular flexibility index (Phi) is 1.85. The number of rotatable bonds is 1. The van der Waals surface area contributed by atoms with Crippen LogP contribution in [-0.2, 0) is 4.79 Å². The Morgan fingerprint density at radius 1 is 1.53 bits per heavy atom. The molecule has 1 aromatic carbocycles. The first-order valence-electron chi connectivity index (χ1n) is 4.39. The Morgan fingerprint density at radius 2 is 2.20 bits per heavy atom. The lowest BCUT2D eigenvalue weighted by Crippen LogP contribution is -2.08. The van der Waals surface area contributed by atoms with Crippen molar-refractivity contribution in [2.24, 2.45) is 0 Å². The lowest BCUT2D eigenvalue weighted by atomic mass is 10.0. The molecule has 3 N–H and O–H groups in total. The molecule has 0 spiro atoms. The minimum absolute atomic E-state index is 0.0631. The molecule has 0 saturated heterocycles. The van der Waals surface area contributed by atoms with E-state index in [2.05, 4.69) is 5.32 Å². The van der Waals surface area contributed by atoms with E-state index < -0.39 is 4.92 Å². The van der Waals surface area contributed by atoms with Gasteiger partial charge >= 0.3 is 0 Å². The molecule has 1 aliphatic heterocycles. The summed E-state index contributed by atoms with van der Waals surface area (Å²) in [4.78, 5) is 21.4. The monoisotopic (exact) mass is 207 g/mol. The van der Waals surface area contributed by atoms with Gasteiger partial charge in [-0.1, -0.05) is 0 Å². The highest BCUT2D eigenvalue weighted by Gasteiger charge is 2.29.